The number of oxazole rings is 1. The fourth-order valence-electron chi connectivity index (χ4n) is 3.90. The Morgan fingerprint density at radius 1 is 1.03 bits per heavy atom. The Hall–Kier alpha value is -3.23. The minimum Gasteiger partial charge on any atom is -0.441 e. The maximum atomic E-state index is 12.9. The number of pyridine rings is 1. The Bertz CT molecular complexity index is 1110. The van der Waals surface area contributed by atoms with Crippen molar-refractivity contribution in [3.8, 4) is 11.3 Å². The van der Waals surface area contributed by atoms with Gasteiger partial charge >= 0.3 is 6.18 Å². The molecule has 0 spiro atoms. The van der Waals surface area contributed by atoms with Gasteiger partial charge in [0.25, 0.3) is 0 Å². The summed E-state index contributed by atoms with van der Waals surface area (Å²) in [5, 5.41) is 0. The Morgan fingerprint density at radius 2 is 1.86 bits per heavy atom. The molecule has 0 N–H and O–H groups in total. The molecular formula is C27H31F4N3O2. The number of hydrogen-bond donors (Lipinski definition) is 0. The molecule has 3 rings (SSSR count). The number of amides is 1. The smallest absolute Gasteiger partial charge is 0.416 e. The number of nitrogens with zero attached hydrogens (tertiary/aromatic N) is 3. The lowest BCUT2D eigenvalue weighted by Crippen LogP contribution is -2.31. The molecule has 2 heterocycles. The summed E-state index contributed by atoms with van der Waals surface area (Å²) < 4.78 is 57.2. The number of hydrogen-bond acceptors (Lipinski definition) is 4. The van der Waals surface area contributed by atoms with Crippen LogP contribution in [0.25, 0.3) is 11.3 Å². The predicted octanol–water partition coefficient (Wildman–Crippen LogP) is 7.20. The number of anilines is 1. The molecular weight excluding hydrogens is 474 g/mol. The zero-order chi connectivity index (χ0) is 26.0. The third-order valence-corrected chi connectivity index (χ3v) is 5.74. The number of benzene rings is 1. The molecule has 5 nitrogen and oxygen atoms in total. The van der Waals surface area contributed by atoms with E-state index in [1.807, 2.05) is 31.2 Å². The molecule has 9 heteroatoms. The average Bonchev–Trinajstić information content (AvgIpc) is 3.33. The average molecular weight is 506 g/mol. The van der Waals surface area contributed by atoms with Gasteiger partial charge in [-0.1, -0.05) is 25.5 Å². The summed E-state index contributed by atoms with van der Waals surface area (Å²) in [6.45, 7) is 1.89. The van der Waals surface area contributed by atoms with Crippen LogP contribution >= 0.6 is 0 Å². The Kier molecular flexibility index (Phi) is 10.0. The van der Waals surface area contributed by atoms with Crippen molar-refractivity contribution < 1.29 is 26.8 Å². The maximum absolute atomic E-state index is 12.9. The van der Waals surface area contributed by atoms with E-state index in [-0.39, 0.29) is 18.7 Å². The Labute approximate surface area is 208 Å². The molecule has 0 saturated carbocycles. The van der Waals surface area contributed by atoms with Gasteiger partial charge in [-0.3, -0.25) is 14.2 Å². The van der Waals surface area contributed by atoms with E-state index in [9.17, 15) is 22.4 Å². The summed E-state index contributed by atoms with van der Waals surface area (Å²) in [5.74, 6) is 1.10. The molecule has 1 aromatic carbocycles. The van der Waals surface area contributed by atoms with Gasteiger partial charge in [0.05, 0.1) is 18.4 Å². The van der Waals surface area contributed by atoms with Crippen molar-refractivity contribution >= 4 is 11.6 Å². The normalized spacial score (nSPS) is 11.6. The van der Waals surface area contributed by atoms with Crippen LogP contribution < -0.4 is 4.90 Å². The van der Waals surface area contributed by atoms with E-state index in [0.717, 1.165) is 30.5 Å². The van der Waals surface area contributed by atoms with Gasteiger partial charge < -0.3 is 9.32 Å². The predicted molar refractivity (Wildman–Crippen MR) is 130 cm³/mol. The molecule has 194 valence electrons. The molecule has 0 saturated heterocycles. The van der Waals surface area contributed by atoms with Crippen molar-refractivity contribution in [3.05, 3.63) is 65.9 Å². The molecule has 0 aliphatic rings. The number of carbonyl (C=O) groups excluding carboxylic acids is 1. The first-order chi connectivity index (χ1) is 17.3. The maximum Gasteiger partial charge on any atom is 0.416 e. The zero-order valence-electron chi connectivity index (χ0n) is 20.4. The van der Waals surface area contributed by atoms with Gasteiger partial charge in [0.1, 0.15) is 0 Å². The van der Waals surface area contributed by atoms with Crippen LogP contribution in [0.4, 0.5) is 23.2 Å². The van der Waals surface area contributed by atoms with Crippen LogP contribution in [0.2, 0.25) is 0 Å². The first-order valence-electron chi connectivity index (χ1n) is 12.3. The van der Waals surface area contributed by atoms with Gasteiger partial charge in [-0.05, 0) is 56.4 Å². The van der Waals surface area contributed by atoms with Crippen molar-refractivity contribution in [1.82, 2.24) is 9.97 Å². The summed E-state index contributed by atoms with van der Waals surface area (Å²) in [7, 11) is 0. The highest BCUT2D eigenvalue weighted by Crippen LogP contribution is 2.29. The van der Waals surface area contributed by atoms with E-state index in [2.05, 4.69) is 9.97 Å². The fourth-order valence-corrected chi connectivity index (χ4v) is 3.90. The molecule has 0 aliphatic heterocycles. The van der Waals surface area contributed by atoms with E-state index in [1.54, 1.807) is 11.1 Å². The molecule has 0 atom stereocenters. The monoisotopic (exact) mass is 505 g/mol. The van der Waals surface area contributed by atoms with Crippen LogP contribution in [-0.4, -0.2) is 29.1 Å². The number of halogens is 4. The van der Waals surface area contributed by atoms with Crippen molar-refractivity contribution in [2.45, 2.75) is 64.5 Å². The van der Waals surface area contributed by atoms with E-state index in [1.165, 1.54) is 6.20 Å². The summed E-state index contributed by atoms with van der Waals surface area (Å²) in [6, 6.07) is 9.44. The Morgan fingerprint density at radius 3 is 2.61 bits per heavy atom. The topological polar surface area (TPSA) is 59.2 Å². The summed E-state index contributed by atoms with van der Waals surface area (Å²) in [6.07, 6.45) is 2.76. The second kappa shape index (κ2) is 13.2. The number of aromatic nitrogens is 2. The van der Waals surface area contributed by atoms with Crippen LogP contribution in [0.1, 0.15) is 62.6 Å². The lowest BCUT2D eigenvalue weighted by atomic mass is 10.1. The van der Waals surface area contributed by atoms with Gasteiger partial charge in [0, 0.05) is 42.5 Å². The van der Waals surface area contributed by atoms with E-state index < -0.39 is 18.4 Å². The van der Waals surface area contributed by atoms with Crippen LogP contribution in [0.15, 0.2) is 53.2 Å². The quantitative estimate of drug-likeness (QED) is 0.182. The van der Waals surface area contributed by atoms with Gasteiger partial charge in [-0.25, -0.2) is 4.98 Å². The third kappa shape index (κ3) is 7.90. The van der Waals surface area contributed by atoms with Crippen LogP contribution in [-0.2, 0) is 23.8 Å². The standard InChI is InChI=1S/C27H31F4N3O2/c1-2-8-25-33-19-24(36-25)20-9-6-11-23(17-20)34(26(35)12-7-14-28)16-5-3-4-10-22-18-21(13-15-32-22)27(29,30)31/h6,9,11,13,15,17-19H,2-5,7-8,10,12,14,16H2,1H3. The highest BCUT2D eigenvalue weighted by atomic mass is 19.4. The first kappa shape index (κ1) is 27.4. The Balaban J connectivity index is 1.63. The minimum atomic E-state index is -4.39. The second-order valence-corrected chi connectivity index (χ2v) is 8.60. The molecule has 3 aromatic rings. The summed E-state index contributed by atoms with van der Waals surface area (Å²) >= 11 is 0. The van der Waals surface area contributed by atoms with Gasteiger partial charge in [0.2, 0.25) is 5.91 Å². The third-order valence-electron chi connectivity index (χ3n) is 5.74. The molecule has 0 unspecified atom stereocenters. The second-order valence-electron chi connectivity index (χ2n) is 8.60. The SMILES string of the molecule is CCCc1ncc(-c2cccc(N(CCCCCc3cc(C(F)(F)F)ccn3)C(=O)CCCF)c2)o1. The van der Waals surface area contributed by atoms with Crippen LogP contribution in [0.5, 0.6) is 0 Å². The van der Waals surface area contributed by atoms with E-state index in [4.69, 9.17) is 4.42 Å². The molecule has 0 fully saturated rings. The summed E-state index contributed by atoms with van der Waals surface area (Å²) in [4.78, 5) is 22.8. The van der Waals surface area contributed by atoms with Crippen molar-refractivity contribution in [2.24, 2.45) is 0 Å². The number of alkyl halides is 4. The van der Waals surface area contributed by atoms with Gasteiger partial charge in [-0.15, -0.1) is 0 Å². The fraction of sp³-hybridized carbons (Fsp3) is 0.444. The lowest BCUT2D eigenvalue weighted by Gasteiger charge is -2.23. The van der Waals surface area contributed by atoms with Crippen molar-refractivity contribution in [2.75, 3.05) is 18.1 Å². The number of rotatable bonds is 13. The van der Waals surface area contributed by atoms with Crippen LogP contribution in [0.3, 0.4) is 0 Å². The first-order valence-corrected chi connectivity index (χ1v) is 12.3. The minimum absolute atomic E-state index is 0.0951. The summed E-state index contributed by atoms with van der Waals surface area (Å²) in [5.41, 5.74) is 1.17. The number of aryl methyl sites for hydroxylation is 2. The molecule has 0 bridgehead atoms. The molecule has 0 radical (unpaired) electrons. The molecule has 0 aliphatic carbocycles. The molecule has 1 amide bonds. The zero-order valence-corrected chi connectivity index (χ0v) is 20.4. The highest BCUT2D eigenvalue weighted by Gasteiger charge is 2.30. The van der Waals surface area contributed by atoms with E-state index in [0.29, 0.717) is 55.3 Å². The largest absolute Gasteiger partial charge is 0.441 e. The molecule has 36 heavy (non-hydrogen) atoms. The van der Waals surface area contributed by atoms with Crippen molar-refractivity contribution in [3.63, 3.8) is 0 Å². The van der Waals surface area contributed by atoms with Gasteiger partial charge in [-0.2, -0.15) is 13.2 Å². The number of carbonyl (C=O) groups is 1. The van der Waals surface area contributed by atoms with E-state index >= 15 is 0 Å². The van der Waals surface area contributed by atoms with Crippen molar-refractivity contribution in [1.29, 1.82) is 0 Å². The van der Waals surface area contributed by atoms with Crippen LogP contribution in [0, 0.1) is 0 Å². The molecule has 2 aromatic heterocycles. The van der Waals surface area contributed by atoms with Gasteiger partial charge in [0.15, 0.2) is 11.7 Å². The highest BCUT2D eigenvalue weighted by molar-refractivity contribution is 5.93. The number of unbranched alkanes of at least 4 members (excludes halogenated alkanes) is 2. The lowest BCUT2D eigenvalue weighted by molar-refractivity contribution is -0.137.